The van der Waals surface area contributed by atoms with Gasteiger partial charge in [-0.2, -0.15) is 0 Å². The molecule has 0 aliphatic heterocycles. The largest absolute Gasteiger partial charge is 0.348 e. The Hall–Kier alpha value is -2.27. The number of rotatable bonds is 9. The minimum Gasteiger partial charge on any atom is -0.348 e. The second-order valence-electron chi connectivity index (χ2n) is 7.47. The summed E-state index contributed by atoms with van der Waals surface area (Å²) in [6, 6.07) is 17.7. The molecule has 0 aliphatic carbocycles. The van der Waals surface area contributed by atoms with Crippen LogP contribution in [-0.4, -0.2) is 22.8 Å². The van der Waals surface area contributed by atoms with E-state index in [-0.39, 0.29) is 28.9 Å². The first-order chi connectivity index (χ1) is 13.3. The number of hydrogen-bond donors (Lipinski definition) is 2. The van der Waals surface area contributed by atoms with Gasteiger partial charge in [-0.3, -0.25) is 9.59 Å². The van der Waals surface area contributed by atoms with Crippen LogP contribution in [0.2, 0.25) is 0 Å². The predicted octanol–water partition coefficient (Wildman–Crippen LogP) is 4.96. The van der Waals surface area contributed by atoms with Gasteiger partial charge in [-0.25, -0.2) is 0 Å². The predicted molar refractivity (Wildman–Crippen MR) is 119 cm³/mol. The lowest BCUT2D eigenvalue weighted by atomic mass is 9.97. The molecule has 28 heavy (non-hydrogen) atoms. The summed E-state index contributed by atoms with van der Waals surface area (Å²) in [5.74, 6) is 0.564. The van der Waals surface area contributed by atoms with Crippen LogP contribution in [0.5, 0.6) is 0 Å². The van der Waals surface area contributed by atoms with Crippen molar-refractivity contribution in [2.45, 2.75) is 45.4 Å². The van der Waals surface area contributed by atoms with Crippen molar-refractivity contribution in [2.24, 2.45) is 5.92 Å². The molecule has 2 rings (SSSR count). The first-order valence-electron chi connectivity index (χ1n) is 9.68. The summed E-state index contributed by atoms with van der Waals surface area (Å²) in [6.07, 6.45) is 0.876. The highest BCUT2D eigenvalue weighted by Crippen LogP contribution is 2.22. The van der Waals surface area contributed by atoms with Gasteiger partial charge in [-0.1, -0.05) is 61.9 Å². The summed E-state index contributed by atoms with van der Waals surface area (Å²) >= 11 is 1.35. The molecule has 4 nitrogen and oxygen atoms in total. The first kappa shape index (κ1) is 22.0. The zero-order valence-corrected chi connectivity index (χ0v) is 17.9. The molecule has 0 bridgehead atoms. The number of thioether (sulfide) groups is 1. The van der Waals surface area contributed by atoms with E-state index in [0.29, 0.717) is 5.92 Å². The highest BCUT2D eigenvalue weighted by Gasteiger charge is 2.21. The molecule has 0 radical (unpaired) electrons. The van der Waals surface area contributed by atoms with Crippen LogP contribution in [0.1, 0.15) is 44.4 Å². The summed E-state index contributed by atoms with van der Waals surface area (Å²) in [5.41, 5.74) is 3.03. The fourth-order valence-electron chi connectivity index (χ4n) is 2.83. The monoisotopic (exact) mass is 398 g/mol. The van der Waals surface area contributed by atoms with E-state index in [1.165, 1.54) is 11.8 Å². The van der Waals surface area contributed by atoms with Crippen molar-refractivity contribution in [2.75, 3.05) is 11.1 Å². The van der Waals surface area contributed by atoms with Crippen molar-refractivity contribution in [3.63, 3.8) is 0 Å². The van der Waals surface area contributed by atoms with E-state index in [0.717, 1.165) is 23.2 Å². The van der Waals surface area contributed by atoms with Gasteiger partial charge in [0.2, 0.25) is 11.8 Å². The highest BCUT2D eigenvalue weighted by molar-refractivity contribution is 8.01. The molecule has 150 valence electrons. The number of nitrogens with one attached hydrogen (secondary N) is 2. The Morgan fingerprint density at radius 1 is 0.964 bits per heavy atom. The van der Waals surface area contributed by atoms with Crippen LogP contribution in [0, 0.1) is 12.8 Å². The second kappa shape index (κ2) is 10.9. The van der Waals surface area contributed by atoms with Crippen LogP contribution in [0.15, 0.2) is 54.6 Å². The number of hydrogen-bond acceptors (Lipinski definition) is 3. The van der Waals surface area contributed by atoms with E-state index in [9.17, 15) is 9.59 Å². The molecule has 5 heteroatoms. The number of amides is 2. The van der Waals surface area contributed by atoms with Gasteiger partial charge in [-0.15, -0.1) is 11.8 Å². The quantitative estimate of drug-likeness (QED) is 0.628. The Morgan fingerprint density at radius 2 is 1.61 bits per heavy atom. The average molecular weight is 399 g/mol. The zero-order chi connectivity index (χ0) is 20.5. The standard InChI is InChI=1S/C23H30N2O2S/c1-16(2)14-21(19-8-6-5-7-9-19)25-23(27)18(4)28-15-22(26)24-20-12-10-17(3)11-13-20/h5-13,16,18,21H,14-15H2,1-4H3,(H,24,26)(H,25,27). The lowest BCUT2D eigenvalue weighted by molar-refractivity contribution is -0.121. The molecule has 0 fully saturated rings. The number of carbonyl (C=O) groups is 2. The van der Waals surface area contributed by atoms with Gasteiger partial charge in [0.1, 0.15) is 0 Å². The maximum Gasteiger partial charge on any atom is 0.234 e. The Bertz CT molecular complexity index is 760. The molecule has 0 saturated carbocycles. The van der Waals surface area contributed by atoms with Gasteiger partial charge < -0.3 is 10.6 Å². The molecule has 0 saturated heterocycles. The Kier molecular flexibility index (Phi) is 8.58. The van der Waals surface area contributed by atoms with E-state index in [1.54, 1.807) is 0 Å². The molecule has 0 aromatic heterocycles. The number of benzene rings is 2. The number of aryl methyl sites for hydroxylation is 1. The van der Waals surface area contributed by atoms with Crippen molar-refractivity contribution in [3.8, 4) is 0 Å². The van der Waals surface area contributed by atoms with Gasteiger partial charge in [0.15, 0.2) is 0 Å². The number of carbonyl (C=O) groups excluding carboxylic acids is 2. The van der Waals surface area contributed by atoms with E-state index in [2.05, 4.69) is 24.5 Å². The summed E-state index contributed by atoms with van der Waals surface area (Å²) in [6.45, 7) is 8.14. The molecule has 2 unspecified atom stereocenters. The molecule has 2 atom stereocenters. The van der Waals surface area contributed by atoms with Gasteiger partial charge in [0.05, 0.1) is 17.0 Å². The Balaban J connectivity index is 1.86. The van der Waals surface area contributed by atoms with Crippen LogP contribution in [-0.2, 0) is 9.59 Å². The lowest BCUT2D eigenvalue weighted by Crippen LogP contribution is -2.35. The molecule has 2 aromatic rings. The van der Waals surface area contributed by atoms with E-state index in [1.807, 2.05) is 68.4 Å². The SMILES string of the molecule is Cc1ccc(NC(=O)CSC(C)C(=O)NC(CC(C)C)c2ccccc2)cc1. The lowest BCUT2D eigenvalue weighted by Gasteiger charge is -2.23. The minimum absolute atomic E-state index is 0.0156. The maximum absolute atomic E-state index is 12.7. The van der Waals surface area contributed by atoms with E-state index >= 15 is 0 Å². The fraction of sp³-hybridized carbons (Fsp3) is 0.391. The molecule has 2 amide bonds. The Labute approximate surface area is 172 Å². The molecule has 2 aromatic carbocycles. The highest BCUT2D eigenvalue weighted by atomic mass is 32.2. The molecular formula is C23H30N2O2S. The summed E-state index contributed by atoms with van der Waals surface area (Å²) in [7, 11) is 0. The van der Waals surface area contributed by atoms with Crippen molar-refractivity contribution in [1.82, 2.24) is 5.32 Å². The molecular weight excluding hydrogens is 368 g/mol. The molecule has 0 aliphatic rings. The topological polar surface area (TPSA) is 58.2 Å². The van der Waals surface area contributed by atoms with Gasteiger partial charge in [-0.05, 0) is 43.9 Å². The van der Waals surface area contributed by atoms with Gasteiger partial charge in [0.25, 0.3) is 0 Å². The van der Waals surface area contributed by atoms with Crippen LogP contribution in [0.25, 0.3) is 0 Å². The first-order valence-corrected chi connectivity index (χ1v) is 10.7. The Morgan fingerprint density at radius 3 is 2.21 bits per heavy atom. The second-order valence-corrected chi connectivity index (χ2v) is 8.80. The smallest absolute Gasteiger partial charge is 0.234 e. The van der Waals surface area contributed by atoms with Gasteiger partial charge >= 0.3 is 0 Å². The van der Waals surface area contributed by atoms with Crippen LogP contribution < -0.4 is 10.6 Å². The third-order valence-electron chi connectivity index (χ3n) is 4.39. The fourth-order valence-corrected chi connectivity index (χ4v) is 3.53. The average Bonchev–Trinajstić information content (AvgIpc) is 2.67. The minimum atomic E-state index is -0.304. The van der Waals surface area contributed by atoms with Gasteiger partial charge in [0, 0.05) is 5.69 Å². The van der Waals surface area contributed by atoms with Crippen LogP contribution in [0.4, 0.5) is 5.69 Å². The third-order valence-corrected chi connectivity index (χ3v) is 5.54. The summed E-state index contributed by atoms with van der Waals surface area (Å²) in [5, 5.41) is 5.71. The van der Waals surface area contributed by atoms with Crippen LogP contribution >= 0.6 is 11.8 Å². The molecule has 0 heterocycles. The maximum atomic E-state index is 12.7. The van der Waals surface area contributed by atoms with Crippen molar-refractivity contribution in [1.29, 1.82) is 0 Å². The van der Waals surface area contributed by atoms with Crippen molar-refractivity contribution in [3.05, 3.63) is 65.7 Å². The third kappa shape index (κ3) is 7.39. The van der Waals surface area contributed by atoms with E-state index in [4.69, 9.17) is 0 Å². The van der Waals surface area contributed by atoms with Crippen LogP contribution in [0.3, 0.4) is 0 Å². The molecule has 2 N–H and O–H groups in total. The van der Waals surface area contributed by atoms with E-state index < -0.39 is 0 Å². The molecule has 0 spiro atoms. The van der Waals surface area contributed by atoms with Crippen molar-refractivity contribution >= 4 is 29.3 Å². The normalized spacial score (nSPS) is 13.0. The zero-order valence-electron chi connectivity index (χ0n) is 17.1. The number of anilines is 1. The summed E-state index contributed by atoms with van der Waals surface area (Å²) < 4.78 is 0. The summed E-state index contributed by atoms with van der Waals surface area (Å²) in [4.78, 5) is 24.8. The van der Waals surface area contributed by atoms with Crippen molar-refractivity contribution < 1.29 is 9.59 Å².